The van der Waals surface area contributed by atoms with E-state index in [2.05, 4.69) is 36.2 Å². The summed E-state index contributed by atoms with van der Waals surface area (Å²) in [5, 5.41) is 12.9. The first-order valence-corrected chi connectivity index (χ1v) is 9.26. The lowest BCUT2D eigenvalue weighted by Gasteiger charge is -2.26. The van der Waals surface area contributed by atoms with Crippen LogP contribution in [0, 0.1) is 0 Å². The number of carbonyl (C=O) groups excluding carboxylic acids is 1. The predicted octanol–water partition coefficient (Wildman–Crippen LogP) is 0.861. The number of hydrogen-bond acceptors (Lipinski definition) is 9. The highest BCUT2D eigenvalue weighted by Crippen LogP contribution is 2.27. The average Bonchev–Trinajstić information content (AvgIpc) is 2.66. The van der Waals surface area contributed by atoms with Gasteiger partial charge in [-0.15, -0.1) is 0 Å². The number of nitrogens with two attached hydrogens (primary N) is 1. The van der Waals surface area contributed by atoms with Crippen molar-refractivity contribution in [2.75, 3.05) is 55.4 Å². The summed E-state index contributed by atoms with van der Waals surface area (Å²) >= 11 is 0. The second-order valence-corrected chi connectivity index (χ2v) is 7.02. The largest absolute Gasteiger partial charge is 0.382 e. The number of pyridine rings is 1. The monoisotopic (exact) mass is 385 g/mol. The molecule has 3 rings (SSSR count). The molecule has 2 aromatic rings. The number of nitrogen functional groups attached to an aromatic ring is 1. The summed E-state index contributed by atoms with van der Waals surface area (Å²) in [7, 11) is 3.71. The van der Waals surface area contributed by atoms with Crippen LogP contribution in [0.2, 0.25) is 0 Å². The van der Waals surface area contributed by atoms with Crippen LogP contribution in [0.3, 0.4) is 0 Å². The number of carbonyl (C=O) groups is 1. The Labute approximate surface area is 164 Å². The van der Waals surface area contributed by atoms with Crippen molar-refractivity contribution in [1.82, 2.24) is 25.2 Å². The van der Waals surface area contributed by atoms with Gasteiger partial charge in [-0.2, -0.15) is 0 Å². The Hall–Kier alpha value is -2.98. The molecule has 0 spiro atoms. The summed E-state index contributed by atoms with van der Waals surface area (Å²) in [6.45, 7) is 2.24. The van der Waals surface area contributed by atoms with Gasteiger partial charge in [0.1, 0.15) is 17.5 Å². The fourth-order valence-corrected chi connectivity index (χ4v) is 2.94. The van der Waals surface area contributed by atoms with Crippen molar-refractivity contribution in [3.8, 4) is 0 Å². The molecule has 1 amide bonds. The minimum atomic E-state index is -0.0923. The molecular formula is C18H27N9O. The van der Waals surface area contributed by atoms with Crippen LogP contribution in [0.25, 0.3) is 0 Å². The molecule has 10 nitrogen and oxygen atoms in total. The van der Waals surface area contributed by atoms with Gasteiger partial charge in [-0.25, -0.2) is 15.0 Å². The molecule has 0 aliphatic carbocycles. The molecule has 0 saturated carbocycles. The van der Waals surface area contributed by atoms with Gasteiger partial charge in [-0.05, 0) is 40.0 Å². The van der Waals surface area contributed by atoms with Crippen molar-refractivity contribution in [1.29, 1.82) is 0 Å². The van der Waals surface area contributed by atoms with Crippen LogP contribution in [-0.2, 0) is 4.79 Å². The van der Waals surface area contributed by atoms with Crippen molar-refractivity contribution in [2.45, 2.75) is 18.9 Å². The third-order valence-corrected chi connectivity index (χ3v) is 4.26. The molecule has 1 aliphatic heterocycles. The first-order valence-electron chi connectivity index (χ1n) is 9.26. The summed E-state index contributed by atoms with van der Waals surface area (Å²) in [5.41, 5.74) is 7.04. The Morgan fingerprint density at radius 2 is 1.89 bits per heavy atom. The maximum atomic E-state index is 12.2. The standard InChI is InChI=1S/C18H27N9O/c1-27(2)11-18(28)25-14-8-22-16(26-17-10-21-15(19)9-23-17)7-13(14)24-12-3-5-20-6-4-12/h7-10,12,20H,3-6,11H2,1-2H3,(H2,19,21)(H,25,28)(H2,22,23,24,26). The minimum Gasteiger partial charge on any atom is -0.382 e. The number of rotatable bonds is 7. The van der Waals surface area contributed by atoms with Crippen molar-refractivity contribution < 1.29 is 4.79 Å². The minimum absolute atomic E-state index is 0.0923. The lowest BCUT2D eigenvalue weighted by Crippen LogP contribution is -2.35. The Kier molecular flexibility index (Phi) is 6.56. The zero-order chi connectivity index (χ0) is 19.9. The summed E-state index contributed by atoms with van der Waals surface area (Å²) in [6.07, 6.45) is 6.69. The average molecular weight is 385 g/mol. The van der Waals surface area contributed by atoms with E-state index in [0.29, 0.717) is 35.7 Å². The maximum absolute atomic E-state index is 12.2. The molecule has 150 valence electrons. The number of nitrogens with one attached hydrogen (secondary N) is 4. The smallest absolute Gasteiger partial charge is 0.238 e. The number of hydrogen-bond donors (Lipinski definition) is 5. The van der Waals surface area contributed by atoms with E-state index in [4.69, 9.17) is 5.73 Å². The van der Waals surface area contributed by atoms with E-state index in [1.54, 1.807) is 12.4 Å². The first-order chi connectivity index (χ1) is 13.5. The molecule has 0 bridgehead atoms. The van der Waals surface area contributed by atoms with Crippen LogP contribution in [0.5, 0.6) is 0 Å². The van der Waals surface area contributed by atoms with Crippen molar-refractivity contribution in [3.63, 3.8) is 0 Å². The Bertz CT molecular complexity index is 788. The highest BCUT2D eigenvalue weighted by molar-refractivity contribution is 5.95. The van der Waals surface area contributed by atoms with E-state index >= 15 is 0 Å². The molecule has 1 saturated heterocycles. The predicted molar refractivity (Wildman–Crippen MR) is 111 cm³/mol. The van der Waals surface area contributed by atoms with E-state index in [9.17, 15) is 4.79 Å². The summed E-state index contributed by atoms with van der Waals surface area (Å²) < 4.78 is 0. The molecule has 0 aromatic carbocycles. The maximum Gasteiger partial charge on any atom is 0.238 e. The van der Waals surface area contributed by atoms with Crippen LogP contribution in [0.15, 0.2) is 24.7 Å². The van der Waals surface area contributed by atoms with Gasteiger partial charge in [0.05, 0.1) is 36.5 Å². The number of aromatic nitrogens is 3. The van der Waals surface area contributed by atoms with Gasteiger partial charge < -0.3 is 31.9 Å². The third kappa shape index (κ3) is 5.76. The van der Waals surface area contributed by atoms with E-state index in [0.717, 1.165) is 31.6 Å². The highest BCUT2D eigenvalue weighted by Gasteiger charge is 2.16. The highest BCUT2D eigenvalue weighted by atomic mass is 16.2. The molecule has 1 aliphatic rings. The van der Waals surface area contributed by atoms with Crippen LogP contribution >= 0.6 is 0 Å². The zero-order valence-corrected chi connectivity index (χ0v) is 16.2. The number of nitrogens with zero attached hydrogens (tertiary/aromatic N) is 4. The van der Waals surface area contributed by atoms with Gasteiger partial charge >= 0.3 is 0 Å². The number of amides is 1. The van der Waals surface area contributed by atoms with Crippen molar-refractivity contribution >= 4 is 34.7 Å². The molecule has 0 unspecified atom stereocenters. The number of anilines is 5. The van der Waals surface area contributed by atoms with Gasteiger partial charge in [-0.3, -0.25) is 4.79 Å². The summed E-state index contributed by atoms with van der Waals surface area (Å²) in [6, 6.07) is 2.20. The summed E-state index contributed by atoms with van der Waals surface area (Å²) in [5.74, 6) is 1.40. The van der Waals surface area contributed by atoms with E-state index in [-0.39, 0.29) is 5.91 Å². The molecule has 0 radical (unpaired) electrons. The van der Waals surface area contributed by atoms with Crippen LogP contribution in [-0.4, -0.2) is 65.5 Å². The lowest BCUT2D eigenvalue weighted by molar-refractivity contribution is -0.116. The molecule has 0 atom stereocenters. The summed E-state index contributed by atoms with van der Waals surface area (Å²) in [4.78, 5) is 26.6. The molecule has 6 N–H and O–H groups in total. The van der Waals surface area contributed by atoms with Gasteiger partial charge in [0.2, 0.25) is 5.91 Å². The fraction of sp³-hybridized carbons (Fsp3) is 0.444. The fourth-order valence-electron chi connectivity index (χ4n) is 2.94. The van der Waals surface area contributed by atoms with Gasteiger partial charge in [-0.1, -0.05) is 0 Å². The van der Waals surface area contributed by atoms with Gasteiger partial charge in [0.15, 0.2) is 0 Å². The second kappa shape index (κ2) is 9.29. The van der Waals surface area contributed by atoms with Gasteiger partial charge in [0, 0.05) is 12.1 Å². The first kappa shape index (κ1) is 19.8. The normalized spacial score (nSPS) is 14.7. The molecule has 3 heterocycles. The quantitative estimate of drug-likeness (QED) is 0.470. The molecule has 1 fully saturated rings. The SMILES string of the molecule is CN(C)CC(=O)Nc1cnc(Nc2cnc(N)cn2)cc1NC1CCNCC1. The molecular weight excluding hydrogens is 358 g/mol. The van der Waals surface area contributed by atoms with Crippen LogP contribution in [0.4, 0.5) is 28.8 Å². The third-order valence-electron chi connectivity index (χ3n) is 4.26. The second-order valence-electron chi connectivity index (χ2n) is 7.02. The Balaban J connectivity index is 1.79. The molecule has 2 aromatic heterocycles. The van der Waals surface area contributed by atoms with E-state index < -0.39 is 0 Å². The van der Waals surface area contributed by atoms with Crippen molar-refractivity contribution in [3.05, 3.63) is 24.7 Å². The Morgan fingerprint density at radius 1 is 1.14 bits per heavy atom. The number of piperidine rings is 1. The van der Waals surface area contributed by atoms with Gasteiger partial charge in [0.25, 0.3) is 0 Å². The lowest BCUT2D eigenvalue weighted by atomic mass is 10.1. The zero-order valence-electron chi connectivity index (χ0n) is 16.2. The molecule has 28 heavy (non-hydrogen) atoms. The number of likely N-dealkylation sites (N-methyl/N-ethyl adjacent to an activating group) is 1. The van der Waals surface area contributed by atoms with Crippen LogP contribution in [0.1, 0.15) is 12.8 Å². The Morgan fingerprint density at radius 3 is 2.57 bits per heavy atom. The van der Waals surface area contributed by atoms with E-state index in [1.165, 1.54) is 6.20 Å². The van der Waals surface area contributed by atoms with Crippen LogP contribution < -0.4 is 27.0 Å². The molecule has 10 heteroatoms. The van der Waals surface area contributed by atoms with Crippen molar-refractivity contribution in [2.24, 2.45) is 0 Å². The van der Waals surface area contributed by atoms with E-state index in [1.807, 2.05) is 25.1 Å². The topological polar surface area (TPSA) is 133 Å².